The molecule has 4 nitrogen and oxygen atoms in total. The third kappa shape index (κ3) is 3.96. The Morgan fingerprint density at radius 1 is 1.55 bits per heavy atom. The third-order valence-electron chi connectivity index (χ3n) is 3.51. The van der Waals surface area contributed by atoms with E-state index in [4.69, 9.17) is 4.74 Å². The lowest BCUT2D eigenvalue weighted by molar-refractivity contribution is -0.141. The fourth-order valence-electron chi connectivity index (χ4n) is 2.40. The summed E-state index contributed by atoms with van der Waals surface area (Å²) in [5, 5.41) is 7.00. The highest BCUT2D eigenvalue weighted by Crippen LogP contribution is 2.27. The molecule has 1 aliphatic heterocycles. The molecule has 7 heteroatoms. The highest BCUT2D eigenvalue weighted by atomic mass is 19.4. The van der Waals surface area contributed by atoms with Gasteiger partial charge in [0.15, 0.2) is 5.69 Å². The fourth-order valence-corrected chi connectivity index (χ4v) is 2.40. The van der Waals surface area contributed by atoms with Crippen LogP contribution in [0.25, 0.3) is 0 Å². The van der Waals surface area contributed by atoms with Gasteiger partial charge in [0.25, 0.3) is 0 Å². The zero-order valence-corrected chi connectivity index (χ0v) is 11.5. The maximum Gasteiger partial charge on any atom is 0.435 e. The molecule has 0 bridgehead atoms. The second kappa shape index (κ2) is 6.58. The molecule has 2 atom stereocenters. The molecular formula is C13H20F3N3O. The molecule has 1 aromatic heterocycles. The minimum Gasteiger partial charge on any atom is -0.381 e. The van der Waals surface area contributed by atoms with Gasteiger partial charge < -0.3 is 10.1 Å². The van der Waals surface area contributed by atoms with Gasteiger partial charge in [-0.05, 0) is 25.5 Å². The van der Waals surface area contributed by atoms with Crippen LogP contribution < -0.4 is 5.32 Å². The van der Waals surface area contributed by atoms with E-state index >= 15 is 0 Å². The number of nitrogens with one attached hydrogen (secondary N) is 1. The van der Waals surface area contributed by atoms with Crippen molar-refractivity contribution in [1.82, 2.24) is 15.1 Å². The summed E-state index contributed by atoms with van der Waals surface area (Å²) in [4.78, 5) is 0. The summed E-state index contributed by atoms with van der Waals surface area (Å²) in [5.74, 6) is 0.333. The first kappa shape index (κ1) is 15.3. The molecule has 2 unspecified atom stereocenters. The van der Waals surface area contributed by atoms with Gasteiger partial charge in [0, 0.05) is 24.8 Å². The number of rotatable bonds is 6. The Morgan fingerprint density at radius 2 is 2.35 bits per heavy atom. The van der Waals surface area contributed by atoms with Crippen LogP contribution >= 0.6 is 0 Å². The van der Waals surface area contributed by atoms with Gasteiger partial charge in [0.1, 0.15) is 0 Å². The molecular weight excluding hydrogens is 271 g/mol. The molecule has 1 aliphatic rings. The van der Waals surface area contributed by atoms with E-state index in [9.17, 15) is 13.2 Å². The average molecular weight is 291 g/mol. The van der Waals surface area contributed by atoms with E-state index in [1.54, 1.807) is 0 Å². The summed E-state index contributed by atoms with van der Waals surface area (Å²) in [5.41, 5.74) is -0.839. The van der Waals surface area contributed by atoms with Crippen molar-refractivity contribution < 1.29 is 17.9 Å². The molecule has 1 N–H and O–H groups in total. The minimum atomic E-state index is -4.38. The summed E-state index contributed by atoms with van der Waals surface area (Å²) in [7, 11) is 0. The fraction of sp³-hybridized carbons (Fsp3) is 0.769. The summed E-state index contributed by atoms with van der Waals surface area (Å²) >= 11 is 0. The molecule has 0 radical (unpaired) electrons. The van der Waals surface area contributed by atoms with Crippen molar-refractivity contribution in [2.75, 3.05) is 19.8 Å². The van der Waals surface area contributed by atoms with Crippen molar-refractivity contribution in [2.24, 2.45) is 5.92 Å². The van der Waals surface area contributed by atoms with E-state index in [1.165, 1.54) is 10.9 Å². The van der Waals surface area contributed by atoms with Crippen molar-refractivity contribution >= 4 is 0 Å². The molecule has 20 heavy (non-hydrogen) atoms. The van der Waals surface area contributed by atoms with Crippen LogP contribution in [0, 0.1) is 5.92 Å². The number of hydrogen-bond donors (Lipinski definition) is 1. The zero-order valence-electron chi connectivity index (χ0n) is 11.5. The molecule has 1 aromatic rings. The van der Waals surface area contributed by atoms with E-state index < -0.39 is 11.9 Å². The molecule has 114 valence electrons. The van der Waals surface area contributed by atoms with Crippen LogP contribution in [0.1, 0.15) is 25.5 Å². The summed E-state index contributed by atoms with van der Waals surface area (Å²) in [6, 6.07) is 1.11. The van der Waals surface area contributed by atoms with Gasteiger partial charge in [0.2, 0.25) is 0 Å². The quantitative estimate of drug-likeness (QED) is 0.874. The SMILES string of the molecule is CCCNC(Cn1ccc(C(F)(F)F)n1)C1CCOC1. The monoisotopic (exact) mass is 291 g/mol. The van der Waals surface area contributed by atoms with Crippen LogP contribution in [-0.2, 0) is 17.5 Å². The van der Waals surface area contributed by atoms with Crippen LogP contribution in [0.3, 0.4) is 0 Å². The normalized spacial score (nSPS) is 21.3. The number of halogens is 3. The Labute approximate surface area is 116 Å². The molecule has 0 aromatic carbocycles. The predicted octanol–water partition coefficient (Wildman–Crippen LogP) is 2.31. The number of aromatic nitrogens is 2. The Balaban J connectivity index is 2.01. The largest absolute Gasteiger partial charge is 0.435 e. The molecule has 0 saturated carbocycles. The van der Waals surface area contributed by atoms with Crippen molar-refractivity contribution in [3.8, 4) is 0 Å². The topological polar surface area (TPSA) is 39.1 Å². The van der Waals surface area contributed by atoms with E-state index in [2.05, 4.69) is 17.3 Å². The second-order valence-corrected chi connectivity index (χ2v) is 5.11. The Bertz CT molecular complexity index is 413. The highest BCUT2D eigenvalue weighted by molar-refractivity contribution is 5.03. The lowest BCUT2D eigenvalue weighted by atomic mass is 9.99. The number of alkyl halides is 3. The summed E-state index contributed by atoms with van der Waals surface area (Å²) < 4.78 is 44.3. The smallest absolute Gasteiger partial charge is 0.381 e. The maximum atomic E-state index is 12.5. The second-order valence-electron chi connectivity index (χ2n) is 5.11. The van der Waals surface area contributed by atoms with E-state index in [-0.39, 0.29) is 6.04 Å². The van der Waals surface area contributed by atoms with Crippen molar-refractivity contribution in [1.29, 1.82) is 0 Å². The van der Waals surface area contributed by atoms with Crippen LogP contribution in [-0.4, -0.2) is 35.6 Å². The number of nitrogens with zero attached hydrogens (tertiary/aromatic N) is 2. The van der Waals surface area contributed by atoms with Gasteiger partial charge in [-0.25, -0.2) is 0 Å². The first-order valence-corrected chi connectivity index (χ1v) is 6.92. The minimum absolute atomic E-state index is 0.0958. The van der Waals surface area contributed by atoms with Gasteiger partial charge in [-0.15, -0.1) is 0 Å². The van der Waals surface area contributed by atoms with Gasteiger partial charge >= 0.3 is 6.18 Å². The van der Waals surface area contributed by atoms with Crippen LogP contribution in [0.5, 0.6) is 0 Å². The lowest BCUT2D eigenvalue weighted by Gasteiger charge is -2.23. The van der Waals surface area contributed by atoms with Crippen LogP contribution in [0.4, 0.5) is 13.2 Å². The molecule has 0 spiro atoms. The van der Waals surface area contributed by atoms with Crippen molar-refractivity contribution in [2.45, 2.75) is 38.5 Å². The van der Waals surface area contributed by atoms with E-state index in [1.807, 2.05) is 0 Å². The average Bonchev–Trinajstić information content (AvgIpc) is 3.04. The van der Waals surface area contributed by atoms with Gasteiger partial charge in [-0.3, -0.25) is 4.68 Å². The van der Waals surface area contributed by atoms with Gasteiger partial charge in [-0.2, -0.15) is 18.3 Å². The molecule has 1 fully saturated rings. The van der Waals surface area contributed by atoms with Crippen molar-refractivity contribution in [3.05, 3.63) is 18.0 Å². The Morgan fingerprint density at radius 3 is 2.90 bits per heavy atom. The van der Waals surface area contributed by atoms with Crippen LogP contribution in [0.2, 0.25) is 0 Å². The number of hydrogen-bond acceptors (Lipinski definition) is 3. The van der Waals surface area contributed by atoms with Gasteiger partial charge in [-0.1, -0.05) is 6.92 Å². The van der Waals surface area contributed by atoms with Crippen LogP contribution in [0.15, 0.2) is 12.3 Å². The standard InChI is InChI=1S/C13H20F3N3O/c1-2-5-17-11(10-4-7-20-9-10)8-19-6-3-12(18-19)13(14,15)16/h3,6,10-11,17H,2,4-5,7-9H2,1H3. The predicted molar refractivity (Wildman–Crippen MR) is 68.2 cm³/mol. The Kier molecular flexibility index (Phi) is 5.04. The molecule has 0 amide bonds. The first-order valence-electron chi connectivity index (χ1n) is 6.92. The maximum absolute atomic E-state index is 12.5. The Hall–Kier alpha value is -1.08. The molecule has 2 heterocycles. The number of ether oxygens (including phenoxy) is 1. The molecule has 2 rings (SSSR count). The highest BCUT2D eigenvalue weighted by Gasteiger charge is 2.34. The van der Waals surface area contributed by atoms with Gasteiger partial charge in [0.05, 0.1) is 13.2 Å². The lowest BCUT2D eigenvalue weighted by Crippen LogP contribution is -2.40. The molecule has 0 aliphatic carbocycles. The molecule has 1 saturated heterocycles. The van der Waals surface area contributed by atoms with E-state index in [0.29, 0.717) is 19.1 Å². The first-order chi connectivity index (χ1) is 9.50. The summed E-state index contributed by atoms with van der Waals surface area (Å²) in [6.07, 6.45) is -1.07. The van der Waals surface area contributed by atoms with E-state index in [0.717, 1.165) is 32.1 Å². The summed E-state index contributed by atoms with van der Waals surface area (Å²) in [6.45, 7) is 4.72. The van der Waals surface area contributed by atoms with Crippen molar-refractivity contribution in [3.63, 3.8) is 0 Å². The zero-order chi connectivity index (χ0) is 14.6. The third-order valence-corrected chi connectivity index (χ3v) is 3.51.